The van der Waals surface area contributed by atoms with E-state index in [1.54, 1.807) is 10.9 Å². The van der Waals surface area contributed by atoms with E-state index in [0.717, 1.165) is 28.2 Å². The van der Waals surface area contributed by atoms with Gasteiger partial charge in [-0.05, 0) is 49.2 Å². The summed E-state index contributed by atoms with van der Waals surface area (Å²) in [6.07, 6.45) is 3.60. The summed E-state index contributed by atoms with van der Waals surface area (Å²) in [4.78, 5) is 12.3. The average molecular weight is 320 g/mol. The van der Waals surface area contributed by atoms with Crippen molar-refractivity contribution in [2.45, 2.75) is 13.8 Å². The largest absolute Gasteiger partial charge is 0.374 e. The van der Waals surface area contributed by atoms with E-state index in [1.165, 1.54) is 0 Å². The van der Waals surface area contributed by atoms with E-state index in [-0.39, 0.29) is 12.5 Å². The molecule has 0 aliphatic rings. The first kappa shape index (κ1) is 15.8. The third-order valence-electron chi connectivity index (χ3n) is 3.76. The van der Waals surface area contributed by atoms with Crippen LogP contribution in [0.1, 0.15) is 11.1 Å². The summed E-state index contributed by atoms with van der Waals surface area (Å²) in [5.74, 6) is -0.0843. The van der Waals surface area contributed by atoms with Crippen molar-refractivity contribution in [3.05, 3.63) is 72.1 Å². The molecule has 0 aliphatic heterocycles. The Kier molecular flexibility index (Phi) is 4.61. The van der Waals surface area contributed by atoms with Crippen LogP contribution in [0.5, 0.6) is 0 Å². The van der Waals surface area contributed by atoms with Crippen molar-refractivity contribution in [3.8, 4) is 5.69 Å². The Morgan fingerprint density at radius 3 is 2.71 bits per heavy atom. The second kappa shape index (κ2) is 7.00. The van der Waals surface area contributed by atoms with Crippen LogP contribution in [0.2, 0.25) is 0 Å². The minimum atomic E-state index is -0.0843. The average Bonchev–Trinajstić information content (AvgIpc) is 3.11. The highest BCUT2D eigenvalue weighted by Crippen LogP contribution is 2.19. The zero-order valence-electron chi connectivity index (χ0n) is 13.8. The molecule has 24 heavy (non-hydrogen) atoms. The molecule has 2 aromatic carbocycles. The molecule has 0 bridgehead atoms. The molecule has 0 fully saturated rings. The van der Waals surface area contributed by atoms with E-state index in [0.29, 0.717) is 0 Å². The summed E-state index contributed by atoms with van der Waals surface area (Å²) < 4.78 is 1.77. The third kappa shape index (κ3) is 3.63. The van der Waals surface area contributed by atoms with Crippen LogP contribution in [-0.4, -0.2) is 22.2 Å². The number of hydrogen-bond acceptors (Lipinski definition) is 3. The molecule has 3 aromatic rings. The van der Waals surface area contributed by atoms with Crippen LogP contribution in [-0.2, 0) is 4.79 Å². The zero-order valence-corrected chi connectivity index (χ0v) is 13.8. The van der Waals surface area contributed by atoms with Gasteiger partial charge in [0.2, 0.25) is 5.91 Å². The number of para-hydroxylation sites is 2. The summed E-state index contributed by atoms with van der Waals surface area (Å²) in [5, 5.41) is 10.4. The Hall–Kier alpha value is -3.08. The van der Waals surface area contributed by atoms with Crippen molar-refractivity contribution in [2.24, 2.45) is 0 Å². The van der Waals surface area contributed by atoms with Crippen LogP contribution < -0.4 is 10.6 Å². The van der Waals surface area contributed by atoms with E-state index in [1.807, 2.05) is 68.6 Å². The van der Waals surface area contributed by atoms with Crippen LogP contribution in [0.25, 0.3) is 5.69 Å². The molecule has 3 rings (SSSR count). The number of hydrogen-bond donors (Lipinski definition) is 2. The first-order valence-electron chi connectivity index (χ1n) is 7.83. The molecule has 0 unspecified atom stereocenters. The molecule has 5 nitrogen and oxygen atoms in total. The third-order valence-corrected chi connectivity index (χ3v) is 3.76. The fourth-order valence-electron chi connectivity index (χ4n) is 2.47. The van der Waals surface area contributed by atoms with Gasteiger partial charge in [-0.25, -0.2) is 4.68 Å². The Labute approximate surface area is 141 Å². The van der Waals surface area contributed by atoms with Crippen molar-refractivity contribution < 1.29 is 4.79 Å². The number of anilines is 2. The second-order valence-electron chi connectivity index (χ2n) is 5.69. The monoisotopic (exact) mass is 320 g/mol. The zero-order chi connectivity index (χ0) is 16.9. The molecule has 0 aliphatic carbocycles. The maximum absolute atomic E-state index is 12.3. The minimum Gasteiger partial charge on any atom is -0.374 e. The number of rotatable bonds is 5. The molecule has 0 saturated heterocycles. The Bertz CT molecular complexity index is 840. The van der Waals surface area contributed by atoms with Crippen LogP contribution in [0.3, 0.4) is 0 Å². The van der Waals surface area contributed by atoms with Gasteiger partial charge in [0.25, 0.3) is 0 Å². The molecule has 2 N–H and O–H groups in total. The van der Waals surface area contributed by atoms with Crippen molar-refractivity contribution in [2.75, 3.05) is 17.2 Å². The lowest BCUT2D eigenvalue weighted by Crippen LogP contribution is -2.22. The van der Waals surface area contributed by atoms with Crippen LogP contribution >= 0.6 is 0 Å². The van der Waals surface area contributed by atoms with E-state index in [9.17, 15) is 4.79 Å². The van der Waals surface area contributed by atoms with Gasteiger partial charge in [0.1, 0.15) is 0 Å². The Balaban J connectivity index is 1.68. The highest BCUT2D eigenvalue weighted by Gasteiger charge is 2.08. The molecule has 5 heteroatoms. The first-order chi connectivity index (χ1) is 11.6. The number of nitrogens with zero attached hydrogens (tertiary/aromatic N) is 2. The fraction of sp³-hybridized carbons (Fsp3) is 0.158. The molecular formula is C19H20N4O. The molecular weight excluding hydrogens is 300 g/mol. The summed E-state index contributed by atoms with van der Waals surface area (Å²) in [6, 6.07) is 15.6. The van der Waals surface area contributed by atoms with E-state index in [4.69, 9.17) is 0 Å². The predicted octanol–water partition coefficient (Wildman–Crippen LogP) is 3.54. The standard InChI is InChI=1S/C19H20N4O/c1-14-8-9-15(2)17(12-14)22-19(24)13-20-16-6-3-4-7-18(16)23-11-5-10-21-23/h3-12,20H,13H2,1-2H3,(H,22,24). The van der Waals surface area contributed by atoms with E-state index < -0.39 is 0 Å². The highest BCUT2D eigenvalue weighted by molar-refractivity contribution is 5.94. The minimum absolute atomic E-state index is 0.0843. The predicted molar refractivity (Wildman–Crippen MR) is 96.6 cm³/mol. The maximum atomic E-state index is 12.3. The quantitative estimate of drug-likeness (QED) is 0.756. The molecule has 0 atom stereocenters. The lowest BCUT2D eigenvalue weighted by molar-refractivity contribution is -0.114. The summed E-state index contributed by atoms with van der Waals surface area (Å²) in [5.41, 5.74) is 4.78. The van der Waals surface area contributed by atoms with Crippen molar-refractivity contribution in [1.29, 1.82) is 0 Å². The topological polar surface area (TPSA) is 59.0 Å². The SMILES string of the molecule is Cc1ccc(C)c(NC(=O)CNc2ccccc2-n2cccn2)c1. The van der Waals surface area contributed by atoms with Crippen molar-refractivity contribution in [1.82, 2.24) is 9.78 Å². The highest BCUT2D eigenvalue weighted by atomic mass is 16.1. The molecule has 1 aromatic heterocycles. The van der Waals surface area contributed by atoms with Gasteiger partial charge >= 0.3 is 0 Å². The normalized spacial score (nSPS) is 10.4. The second-order valence-corrected chi connectivity index (χ2v) is 5.69. The summed E-state index contributed by atoms with van der Waals surface area (Å²) in [7, 11) is 0. The number of carbonyl (C=O) groups excluding carboxylic acids is 1. The van der Waals surface area contributed by atoms with E-state index in [2.05, 4.69) is 15.7 Å². The first-order valence-corrected chi connectivity index (χ1v) is 7.83. The van der Waals surface area contributed by atoms with Crippen molar-refractivity contribution in [3.63, 3.8) is 0 Å². The van der Waals surface area contributed by atoms with Gasteiger partial charge in [0.05, 0.1) is 17.9 Å². The van der Waals surface area contributed by atoms with E-state index >= 15 is 0 Å². The number of amides is 1. The molecule has 1 amide bonds. The lowest BCUT2D eigenvalue weighted by Gasteiger charge is -2.13. The van der Waals surface area contributed by atoms with Crippen molar-refractivity contribution >= 4 is 17.3 Å². The lowest BCUT2D eigenvalue weighted by atomic mass is 10.1. The van der Waals surface area contributed by atoms with Crippen LogP contribution in [0.4, 0.5) is 11.4 Å². The molecule has 1 heterocycles. The van der Waals surface area contributed by atoms with Gasteiger partial charge < -0.3 is 10.6 Å². The fourth-order valence-corrected chi connectivity index (χ4v) is 2.47. The summed E-state index contributed by atoms with van der Waals surface area (Å²) >= 11 is 0. The number of aryl methyl sites for hydroxylation is 2. The van der Waals surface area contributed by atoms with Gasteiger partial charge in [0.15, 0.2) is 0 Å². The van der Waals surface area contributed by atoms with Gasteiger partial charge in [-0.1, -0.05) is 24.3 Å². The number of carbonyl (C=O) groups is 1. The maximum Gasteiger partial charge on any atom is 0.243 e. The summed E-state index contributed by atoms with van der Waals surface area (Å²) in [6.45, 7) is 4.18. The number of benzene rings is 2. The molecule has 0 saturated carbocycles. The van der Waals surface area contributed by atoms with Gasteiger partial charge in [0, 0.05) is 18.1 Å². The molecule has 0 spiro atoms. The van der Waals surface area contributed by atoms with Crippen LogP contribution in [0.15, 0.2) is 60.9 Å². The van der Waals surface area contributed by atoms with Crippen LogP contribution in [0, 0.1) is 13.8 Å². The van der Waals surface area contributed by atoms with Gasteiger partial charge in [-0.15, -0.1) is 0 Å². The smallest absolute Gasteiger partial charge is 0.243 e. The Morgan fingerprint density at radius 1 is 1.08 bits per heavy atom. The number of aromatic nitrogens is 2. The van der Waals surface area contributed by atoms with Gasteiger partial charge in [-0.3, -0.25) is 4.79 Å². The number of nitrogens with one attached hydrogen (secondary N) is 2. The molecule has 122 valence electrons. The van der Waals surface area contributed by atoms with Gasteiger partial charge in [-0.2, -0.15) is 5.10 Å². The molecule has 0 radical (unpaired) electrons. The Morgan fingerprint density at radius 2 is 1.92 bits per heavy atom.